The largest absolute Gasteiger partial charge is 0.424 e. The molecule has 1 aliphatic rings. The second-order valence-corrected chi connectivity index (χ2v) is 9.96. The average molecular weight is 512 g/mol. The first-order valence-electron chi connectivity index (χ1n) is 12.3. The third kappa shape index (κ3) is 6.46. The fraction of sp³-hybridized carbons (Fsp3) is 0.480. The summed E-state index contributed by atoms with van der Waals surface area (Å²) in [6, 6.07) is 7.26. The molecule has 1 saturated heterocycles. The van der Waals surface area contributed by atoms with Crippen LogP contribution in [0.2, 0.25) is 0 Å². The van der Waals surface area contributed by atoms with Gasteiger partial charge in [-0.25, -0.2) is 4.98 Å². The van der Waals surface area contributed by atoms with Crippen LogP contribution < -0.4 is 15.4 Å². The van der Waals surface area contributed by atoms with Gasteiger partial charge in [-0.3, -0.25) is 4.79 Å². The Morgan fingerprint density at radius 3 is 2.69 bits per heavy atom. The number of carbonyl (C=O) groups excluding carboxylic acids is 1. The Morgan fingerprint density at radius 2 is 2.00 bits per heavy atom. The SMILES string of the molecule is CCCCCCC1COCCN1c1nc(Oc2ccc(C(=O)N(C)C)cc2)nc(-c2cnc(N)s2)n1. The Bertz CT molecular complexity index is 1150. The summed E-state index contributed by atoms with van der Waals surface area (Å²) in [5.74, 6) is 1.45. The van der Waals surface area contributed by atoms with E-state index in [1.54, 1.807) is 44.6 Å². The second-order valence-electron chi connectivity index (χ2n) is 8.90. The molecule has 192 valence electrons. The van der Waals surface area contributed by atoms with Crippen molar-refractivity contribution in [3.63, 3.8) is 0 Å². The van der Waals surface area contributed by atoms with Crippen molar-refractivity contribution in [3.8, 4) is 22.5 Å². The second kappa shape index (κ2) is 12.1. The number of rotatable bonds is 10. The number of unbranched alkanes of at least 4 members (excludes halogenated alkanes) is 3. The summed E-state index contributed by atoms with van der Waals surface area (Å²) in [5.41, 5.74) is 6.44. The summed E-state index contributed by atoms with van der Waals surface area (Å²) in [5, 5.41) is 0.441. The van der Waals surface area contributed by atoms with Crippen LogP contribution in [-0.2, 0) is 4.74 Å². The number of morpholine rings is 1. The van der Waals surface area contributed by atoms with Gasteiger partial charge in [0.2, 0.25) is 5.95 Å². The highest BCUT2D eigenvalue weighted by molar-refractivity contribution is 7.18. The maximum atomic E-state index is 12.2. The highest BCUT2D eigenvalue weighted by Crippen LogP contribution is 2.30. The van der Waals surface area contributed by atoms with Gasteiger partial charge in [0.25, 0.3) is 5.91 Å². The predicted molar refractivity (Wildman–Crippen MR) is 141 cm³/mol. The zero-order valence-corrected chi connectivity index (χ0v) is 21.8. The van der Waals surface area contributed by atoms with E-state index >= 15 is 0 Å². The van der Waals surface area contributed by atoms with Crippen LogP contribution in [0.4, 0.5) is 11.1 Å². The minimum absolute atomic E-state index is 0.0774. The first-order valence-corrected chi connectivity index (χ1v) is 13.1. The molecule has 0 spiro atoms. The molecule has 10 nitrogen and oxygen atoms in total. The molecule has 0 bridgehead atoms. The van der Waals surface area contributed by atoms with E-state index in [1.165, 1.54) is 35.5 Å². The topological polar surface area (TPSA) is 120 Å². The van der Waals surface area contributed by atoms with E-state index in [2.05, 4.69) is 26.8 Å². The average Bonchev–Trinajstić information content (AvgIpc) is 3.33. The highest BCUT2D eigenvalue weighted by atomic mass is 32.1. The molecule has 1 fully saturated rings. The molecule has 2 N–H and O–H groups in total. The van der Waals surface area contributed by atoms with Crippen molar-refractivity contribution in [1.82, 2.24) is 24.8 Å². The third-order valence-corrected chi connectivity index (χ3v) is 6.76. The fourth-order valence-electron chi connectivity index (χ4n) is 4.01. The minimum atomic E-state index is -0.0774. The molecule has 1 atom stereocenters. The number of amides is 1. The van der Waals surface area contributed by atoms with E-state index < -0.39 is 0 Å². The summed E-state index contributed by atoms with van der Waals surface area (Å²) in [7, 11) is 3.44. The lowest BCUT2D eigenvalue weighted by Crippen LogP contribution is -2.46. The van der Waals surface area contributed by atoms with Crippen LogP contribution in [0, 0.1) is 0 Å². The fourth-order valence-corrected chi connectivity index (χ4v) is 4.63. The minimum Gasteiger partial charge on any atom is -0.424 e. The molecule has 3 heterocycles. The van der Waals surface area contributed by atoms with Gasteiger partial charge in [0.15, 0.2) is 11.0 Å². The van der Waals surface area contributed by atoms with Crippen molar-refractivity contribution < 1.29 is 14.3 Å². The van der Waals surface area contributed by atoms with E-state index in [4.69, 9.17) is 20.2 Å². The Kier molecular flexibility index (Phi) is 8.65. The monoisotopic (exact) mass is 511 g/mol. The Hall–Kier alpha value is -3.31. The maximum Gasteiger partial charge on any atom is 0.327 e. The van der Waals surface area contributed by atoms with Crippen molar-refractivity contribution in [2.45, 2.75) is 45.1 Å². The standard InChI is InChI=1S/C25H33N7O3S/c1-4-5-6-7-8-18-16-34-14-13-32(18)24-28-21(20-15-27-23(26)36-20)29-25(30-24)35-19-11-9-17(10-12-19)22(33)31(2)3/h9-12,15,18H,4-8,13-14,16H2,1-3H3,(H2,26,27). The molecule has 3 aromatic rings. The summed E-state index contributed by atoms with van der Waals surface area (Å²) in [6.07, 6.45) is 7.42. The molecule has 1 aromatic carbocycles. The number of hydrogen-bond acceptors (Lipinski definition) is 10. The molecule has 4 rings (SSSR count). The first kappa shape index (κ1) is 25.8. The lowest BCUT2D eigenvalue weighted by atomic mass is 10.1. The zero-order valence-electron chi connectivity index (χ0n) is 21.0. The van der Waals surface area contributed by atoms with Crippen molar-refractivity contribution in [1.29, 1.82) is 0 Å². The number of nitrogens with zero attached hydrogens (tertiary/aromatic N) is 6. The quantitative estimate of drug-likeness (QED) is 0.398. The number of hydrogen-bond donors (Lipinski definition) is 1. The van der Waals surface area contributed by atoms with Gasteiger partial charge in [0.05, 0.1) is 30.3 Å². The van der Waals surface area contributed by atoms with Crippen LogP contribution in [-0.4, -0.2) is 70.6 Å². The van der Waals surface area contributed by atoms with Crippen molar-refractivity contribution in [2.75, 3.05) is 44.5 Å². The molecule has 0 saturated carbocycles. The molecule has 1 unspecified atom stereocenters. The van der Waals surface area contributed by atoms with Gasteiger partial charge in [-0.1, -0.05) is 43.9 Å². The summed E-state index contributed by atoms with van der Waals surface area (Å²) in [6.45, 7) is 4.15. The van der Waals surface area contributed by atoms with Crippen LogP contribution in [0.5, 0.6) is 11.8 Å². The van der Waals surface area contributed by atoms with Gasteiger partial charge in [-0.05, 0) is 30.7 Å². The van der Waals surface area contributed by atoms with Gasteiger partial charge in [-0.2, -0.15) is 15.0 Å². The zero-order chi connectivity index (χ0) is 25.5. The molecular formula is C25H33N7O3S. The van der Waals surface area contributed by atoms with Gasteiger partial charge in [0, 0.05) is 26.2 Å². The lowest BCUT2D eigenvalue weighted by molar-refractivity contribution is 0.0827. The molecule has 36 heavy (non-hydrogen) atoms. The normalized spacial score (nSPS) is 15.6. The smallest absolute Gasteiger partial charge is 0.327 e. The molecule has 1 aliphatic heterocycles. The van der Waals surface area contributed by atoms with Crippen LogP contribution in [0.15, 0.2) is 30.5 Å². The number of nitrogen functional groups attached to an aromatic ring is 1. The Labute approximate surface area is 215 Å². The van der Waals surface area contributed by atoms with E-state index in [1.807, 2.05) is 0 Å². The molecule has 1 amide bonds. The van der Waals surface area contributed by atoms with Gasteiger partial charge in [-0.15, -0.1) is 0 Å². The first-order chi connectivity index (χ1) is 17.4. The number of nitrogens with two attached hydrogens (primary N) is 1. The van der Waals surface area contributed by atoms with E-state index in [0.29, 0.717) is 48.0 Å². The number of anilines is 2. The van der Waals surface area contributed by atoms with Crippen molar-refractivity contribution >= 4 is 28.3 Å². The van der Waals surface area contributed by atoms with Crippen LogP contribution in [0.3, 0.4) is 0 Å². The molecular weight excluding hydrogens is 478 g/mol. The van der Waals surface area contributed by atoms with E-state index in [9.17, 15) is 4.79 Å². The van der Waals surface area contributed by atoms with E-state index in [-0.39, 0.29) is 18.0 Å². The van der Waals surface area contributed by atoms with Gasteiger partial charge < -0.3 is 25.0 Å². The van der Waals surface area contributed by atoms with Gasteiger partial charge in [0.1, 0.15) is 5.75 Å². The number of ether oxygens (including phenoxy) is 2. The van der Waals surface area contributed by atoms with Gasteiger partial charge >= 0.3 is 6.01 Å². The molecule has 2 aromatic heterocycles. The summed E-state index contributed by atoms with van der Waals surface area (Å²) in [4.78, 5) is 34.8. The highest BCUT2D eigenvalue weighted by Gasteiger charge is 2.27. The number of thiazole rings is 1. The number of benzene rings is 1. The maximum absolute atomic E-state index is 12.2. The molecule has 0 radical (unpaired) electrons. The lowest BCUT2D eigenvalue weighted by Gasteiger charge is -2.35. The third-order valence-electron chi connectivity index (χ3n) is 5.94. The number of aromatic nitrogens is 4. The van der Waals surface area contributed by atoms with Crippen molar-refractivity contribution in [2.24, 2.45) is 0 Å². The summed E-state index contributed by atoms with van der Waals surface area (Å²) < 4.78 is 11.8. The van der Waals surface area contributed by atoms with Crippen LogP contribution in [0.25, 0.3) is 10.7 Å². The number of carbonyl (C=O) groups is 1. The van der Waals surface area contributed by atoms with E-state index in [0.717, 1.165) is 17.7 Å². The Balaban J connectivity index is 1.61. The van der Waals surface area contributed by atoms with Crippen LogP contribution >= 0.6 is 11.3 Å². The predicted octanol–water partition coefficient (Wildman–Crippen LogP) is 4.25. The van der Waals surface area contributed by atoms with Crippen LogP contribution in [0.1, 0.15) is 49.4 Å². The molecule has 11 heteroatoms. The summed E-state index contributed by atoms with van der Waals surface area (Å²) >= 11 is 1.31. The molecule has 0 aliphatic carbocycles. The van der Waals surface area contributed by atoms with Crippen molar-refractivity contribution in [3.05, 3.63) is 36.0 Å². The Morgan fingerprint density at radius 1 is 1.19 bits per heavy atom.